The summed E-state index contributed by atoms with van der Waals surface area (Å²) in [6.45, 7) is 4.65. The summed E-state index contributed by atoms with van der Waals surface area (Å²) < 4.78 is 2.81. The van der Waals surface area contributed by atoms with E-state index in [1.54, 1.807) is 20.9 Å². The van der Waals surface area contributed by atoms with Gasteiger partial charge >= 0.3 is 5.69 Å². The molecule has 90 valence electrons. The second-order valence-corrected chi connectivity index (χ2v) is 4.31. The Labute approximate surface area is 94.9 Å². The van der Waals surface area contributed by atoms with Crippen LogP contribution >= 0.6 is 0 Å². The first kappa shape index (κ1) is 12.7. The molecular weight excluding hydrogens is 206 g/mol. The Bertz CT molecular complexity index is 460. The van der Waals surface area contributed by atoms with E-state index in [0.717, 1.165) is 5.69 Å². The third-order valence-corrected chi connectivity index (χ3v) is 2.90. The normalized spacial score (nSPS) is 11.1. The molecule has 5 heteroatoms. The van der Waals surface area contributed by atoms with Crippen LogP contribution in [0, 0.1) is 13.8 Å². The first-order valence-electron chi connectivity index (χ1n) is 5.28. The summed E-state index contributed by atoms with van der Waals surface area (Å²) in [7, 11) is 5.52. The van der Waals surface area contributed by atoms with Crippen LogP contribution in [0.3, 0.4) is 0 Å². The van der Waals surface area contributed by atoms with Gasteiger partial charge < -0.3 is 9.47 Å². The molecule has 0 N–H and O–H groups in total. The van der Waals surface area contributed by atoms with Crippen LogP contribution in [0.25, 0.3) is 0 Å². The Balaban J connectivity index is 3.30. The van der Waals surface area contributed by atoms with E-state index >= 15 is 0 Å². The maximum Gasteiger partial charge on any atom is 0.330 e. The smallest absolute Gasteiger partial charge is 0.308 e. The fraction of sp³-hybridized carbons (Fsp3) is 0.636. The van der Waals surface area contributed by atoms with Gasteiger partial charge in [0.15, 0.2) is 0 Å². The predicted molar refractivity (Wildman–Crippen MR) is 64.0 cm³/mol. The highest BCUT2D eigenvalue weighted by atomic mass is 16.2. The Morgan fingerprint density at radius 2 is 1.75 bits per heavy atom. The average molecular weight is 225 g/mol. The van der Waals surface area contributed by atoms with Gasteiger partial charge in [-0.25, -0.2) is 4.79 Å². The monoisotopic (exact) mass is 225 g/mol. The standard InChI is InChI=1S/C11H19N3O2/c1-8-9(2)13(5)11(16)14(10(8)15)7-6-12(3)4/h6-7H2,1-5H3. The van der Waals surface area contributed by atoms with E-state index in [0.29, 0.717) is 18.7 Å². The number of likely N-dealkylation sites (N-methyl/N-ethyl adjacent to an activating group) is 1. The number of hydrogen-bond donors (Lipinski definition) is 0. The van der Waals surface area contributed by atoms with Crippen LogP contribution in [-0.2, 0) is 13.6 Å². The van der Waals surface area contributed by atoms with E-state index < -0.39 is 0 Å². The topological polar surface area (TPSA) is 47.2 Å². The largest absolute Gasteiger partial charge is 0.330 e. The zero-order chi connectivity index (χ0) is 12.5. The van der Waals surface area contributed by atoms with Crippen LogP contribution in [0.5, 0.6) is 0 Å². The minimum Gasteiger partial charge on any atom is -0.308 e. The van der Waals surface area contributed by atoms with E-state index in [4.69, 9.17) is 0 Å². The molecule has 1 rings (SSSR count). The highest BCUT2D eigenvalue weighted by molar-refractivity contribution is 5.14. The van der Waals surface area contributed by atoms with Gasteiger partial charge in [-0.2, -0.15) is 0 Å². The molecule has 0 aliphatic carbocycles. The lowest BCUT2D eigenvalue weighted by Gasteiger charge is -2.14. The second-order valence-electron chi connectivity index (χ2n) is 4.31. The van der Waals surface area contributed by atoms with Crippen LogP contribution in [-0.4, -0.2) is 34.7 Å². The Morgan fingerprint density at radius 3 is 2.25 bits per heavy atom. The molecule has 0 saturated heterocycles. The van der Waals surface area contributed by atoms with Gasteiger partial charge in [-0.3, -0.25) is 9.36 Å². The number of rotatable bonds is 3. The summed E-state index contributed by atoms with van der Waals surface area (Å²) in [5.74, 6) is 0. The summed E-state index contributed by atoms with van der Waals surface area (Å²) in [5.41, 5.74) is 0.953. The van der Waals surface area contributed by atoms with Crippen molar-refractivity contribution in [3.05, 3.63) is 32.1 Å². The number of aromatic nitrogens is 2. The van der Waals surface area contributed by atoms with Crippen molar-refractivity contribution in [1.82, 2.24) is 14.0 Å². The van der Waals surface area contributed by atoms with E-state index in [1.165, 1.54) is 9.13 Å². The first-order chi connectivity index (χ1) is 7.36. The molecule has 0 aliphatic rings. The SMILES string of the molecule is Cc1c(C)n(C)c(=O)n(CCN(C)C)c1=O. The van der Waals surface area contributed by atoms with Crippen molar-refractivity contribution in [3.8, 4) is 0 Å². The molecule has 1 aromatic rings. The van der Waals surface area contributed by atoms with Gasteiger partial charge in [0.05, 0.1) is 0 Å². The average Bonchev–Trinajstić information content (AvgIpc) is 2.23. The maximum atomic E-state index is 11.9. The third kappa shape index (κ3) is 2.24. The highest BCUT2D eigenvalue weighted by Crippen LogP contribution is 1.95. The molecule has 0 unspecified atom stereocenters. The van der Waals surface area contributed by atoms with Crippen molar-refractivity contribution < 1.29 is 0 Å². The van der Waals surface area contributed by atoms with E-state index in [9.17, 15) is 9.59 Å². The summed E-state index contributed by atoms with van der Waals surface area (Å²) >= 11 is 0. The molecule has 0 bridgehead atoms. The van der Waals surface area contributed by atoms with Gasteiger partial charge in [-0.05, 0) is 27.9 Å². The van der Waals surface area contributed by atoms with Gasteiger partial charge in [0.1, 0.15) is 0 Å². The fourth-order valence-corrected chi connectivity index (χ4v) is 1.52. The van der Waals surface area contributed by atoms with E-state index in [-0.39, 0.29) is 11.2 Å². The molecule has 1 heterocycles. The lowest BCUT2D eigenvalue weighted by atomic mass is 10.2. The summed E-state index contributed by atoms with van der Waals surface area (Å²) in [6, 6.07) is 0. The van der Waals surface area contributed by atoms with Crippen LogP contribution in [0.1, 0.15) is 11.3 Å². The van der Waals surface area contributed by atoms with Crippen molar-refractivity contribution in [2.24, 2.45) is 7.05 Å². The van der Waals surface area contributed by atoms with Crippen molar-refractivity contribution in [3.63, 3.8) is 0 Å². The molecule has 0 atom stereocenters. The van der Waals surface area contributed by atoms with Crippen molar-refractivity contribution in [2.75, 3.05) is 20.6 Å². The van der Waals surface area contributed by atoms with E-state index in [1.807, 2.05) is 19.0 Å². The third-order valence-electron chi connectivity index (χ3n) is 2.90. The minimum atomic E-state index is -0.241. The van der Waals surface area contributed by atoms with Gasteiger partial charge in [0.25, 0.3) is 5.56 Å². The summed E-state index contributed by atoms with van der Waals surface area (Å²) in [5, 5.41) is 0. The molecule has 0 aromatic carbocycles. The van der Waals surface area contributed by atoms with Crippen LogP contribution < -0.4 is 11.2 Å². The van der Waals surface area contributed by atoms with Crippen molar-refractivity contribution >= 4 is 0 Å². The van der Waals surface area contributed by atoms with Crippen LogP contribution in [0.15, 0.2) is 9.59 Å². The minimum absolute atomic E-state index is 0.178. The summed E-state index contributed by atoms with van der Waals surface area (Å²) in [6.07, 6.45) is 0. The van der Waals surface area contributed by atoms with Gasteiger partial charge in [0.2, 0.25) is 0 Å². The molecule has 1 aromatic heterocycles. The quantitative estimate of drug-likeness (QED) is 0.711. The molecule has 16 heavy (non-hydrogen) atoms. The Morgan fingerprint density at radius 1 is 1.19 bits per heavy atom. The number of nitrogens with zero attached hydrogens (tertiary/aromatic N) is 3. The van der Waals surface area contributed by atoms with Crippen LogP contribution in [0.4, 0.5) is 0 Å². The first-order valence-corrected chi connectivity index (χ1v) is 5.28. The van der Waals surface area contributed by atoms with Gasteiger partial charge in [-0.15, -0.1) is 0 Å². The van der Waals surface area contributed by atoms with Crippen molar-refractivity contribution in [2.45, 2.75) is 20.4 Å². The zero-order valence-electron chi connectivity index (χ0n) is 10.6. The zero-order valence-corrected chi connectivity index (χ0v) is 10.6. The lowest BCUT2D eigenvalue weighted by molar-refractivity contribution is 0.373. The predicted octanol–water partition coefficient (Wildman–Crippen LogP) is -0.275. The number of hydrogen-bond acceptors (Lipinski definition) is 3. The molecule has 0 spiro atoms. The fourth-order valence-electron chi connectivity index (χ4n) is 1.52. The lowest BCUT2D eigenvalue weighted by Crippen LogP contribution is -2.43. The Hall–Kier alpha value is -1.36. The maximum absolute atomic E-state index is 11.9. The summed E-state index contributed by atoms with van der Waals surface area (Å²) in [4.78, 5) is 25.7. The molecule has 0 aliphatic heterocycles. The van der Waals surface area contributed by atoms with Gasteiger partial charge in [-0.1, -0.05) is 0 Å². The molecule has 5 nitrogen and oxygen atoms in total. The molecule has 0 fully saturated rings. The highest BCUT2D eigenvalue weighted by Gasteiger charge is 2.10. The second kappa shape index (κ2) is 4.65. The molecular formula is C11H19N3O2. The van der Waals surface area contributed by atoms with E-state index in [2.05, 4.69) is 0 Å². The molecule has 0 radical (unpaired) electrons. The molecule has 0 amide bonds. The van der Waals surface area contributed by atoms with Crippen molar-refractivity contribution in [1.29, 1.82) is 0 Å². The molecule has 0 saturated carbocycles. The van der Waals surface area contributed by atoms with Gasteiger partial charge in [0, 0.05) is 31.4 Å². The van der Waals surface area contributed by atoms with Crippen LogP contribution in [0.2, 0.25) is 0 Å². The Kier molecular flexibility index (Phi) is 3.70.